The first-order valence-corrected chi connectivity index (χ1v) is 11.3. The fourth-order valence-corrected chi connectivity index (χ4v) is 5.16. The largest absolute Gasteiger partial charge is 0.324 e. The number of anilines is 1. The summed E-state index contributed by atoms with van der Waals surface area (Å²) in [5.74, 6) is 0.778. The molecule has 2 aromatic carbocycles. The van der Waals surface area contributed by atoms with Gasteiger partial charge in [0.15, 0.2) is 0 Å². The van der Waals surface area contributed by atoms with Gasteiger partial charge in [-0.1, -0.05) is 18.2 Å². The molecule has 7 heteroatoms. The van der Waals surface area contributed by atoms with Crippen LogP contribution in [-0.2, 0) is 9.59 Å². The zero-order valence-corrected chi connectivity index (χ0v) is 17.8. The number of aryl methyl sites for hydroxylation is 2. The topological polar surface area (TPSA) is 62.3 Å². The van der Waals surface area contributed by atoms with Crippen LogP contribution in [0.1, 0.15) is 16.1 Å². The maximum Gasteiger partial charge on any atom is 0.248 e. The zero-order valence-electron chi connectivity index (χ0n) is 16.2. The SMILES string of the molecule is Cc1ccc(NC(=O)C2CSCN2C(=O)C=Cc2nc3ccccc3s2)cc1C. The first-order chi connectivity index (χ1) is 14.0. The van der Waals surface area contributed by atoms with E-state index in [1.54, 1.807) is 22.7 Å². The lowest BCUT2D eigenvalue weighted by Crippen LogP contribution is -2.43. The molecule has 1 aromatic heterocycles. The van der Waals surface area contributed by atoms with Crippen molar-refractivity contribution in [2.45, 2.75) is 19.9 Å². The van der Waals surface area contributed by atoms with E-state index >= 15 is 0 Å². The Balaban J connectivity index is 1.44. The fourth-order valence-electron chi connectivity index (χ4n) is 3.12. The molecule has 0 spiro atoms. The van der Waals surface area contributed by atoms with Crippen LogP contribution in [0.15, 0.2) is 48.5 Å². The van der Waals surface area contributed by atoms with Crippen LogP contribution < -0.4 is 5.32 Å². The number of aromatic nitrogens is 1. The van der Waals surface area contributed by atoms with Gasteiger partial charge in [-0.05, 0) is 55.3 Å². The molecule has 1 unspecified atom stereocenters. The van der Waals surface area contributed by atoms with Gasteiger partial charge in [0.25, 0.3) is 0 Å². The Morgan fingerprint density at radius 2 is 2.00 bits per heavy atom. The number of nitrogens with zero attached hydrogens (tertiary/aromatic N) is 2. The van der Waals surface area contributed by atoms with Crippen molar-refractivity contribution in [3.63, 3.8) is 0 Å². The summed E-state index contributed by atoms with van der Waals surface area (Å²) in [6, 6.07) is 13.2. The van der Waals surface area contributed by atoms with Crippen molar-refractivity contribution in [1.29, 1.82) is 0 Å². The van der Waals surface area contributed by atoms with E-state index in [1.807, 2.05) is 56.3 Å². The maximum absolute atomic E-state index is 12.8. The molecule has 2 heterocycles. The van der Waals surface area contributed by atoms with E-state index in [1.165, 1.54) is 23.0 Å². The van der Waals surface area contributed by atoms with E-state index in [0.29, 0.717) is 11.6 Å². The summed E-state index contributed by atoms with van der Waals surface area (Å²) in [5.41, 5.74) is 3.98. The van der Waals surface area contributed by atoms with Crippen molar-refractivity contribution < 1.29 is 9.59 Å². The lowest BCUT2D eigenvalue weighted by atomic mass is 10.1. The molecule has 0 bridgehead atoms. The number of carbonyl (C=O) groups excluding carboxylic acids is 2. The van der Waals surface area contributed by atoms with Crippen molar-refractivity contribution in [3.8, 4) is 0 Å². The van der Waals surface area contributed by atoms with Crippen LogP contribution in [0.4, 0.5) is 5.69 Å². The number of hydrogen-bond acceptors (Lipinski definition) is 5. The second-order valence-electron chi connectivity index (χ2n) is 6.97. The maximum atomic E-state index is 12.8. The Hall–Kier alpha value is -2.64. The molecule has 1 fully saturated rings. The zero-order chi connectivity index (χ0) is 20.4. The smallest absolute Gasteiger partial charge is 0.248 e. The Morgan fingerprint density at radius 1 is 1.17 bits per heavy atom. The molecule has 5 nitrogen and oxygen atoms in total. The van der Waals surface area contributed by atoms with E-state index < -0.39 is 6.04 Å². The van der Waals surface area contributed by atoms with Crippen LogP contribution in [-0.4, -0.2) is 39.4 Å². The number of hydrogen-bond donors (Lipinski definition) is 1. The molecule has 1 N–H and O–H groups in total. The molecular weight excluding hydrogens is 402 g/mol. The molecule has 4 rings (SSSR count). The highest BCUT2D eigenvalue weighted by atomic mass is 32.2. The van der Waals surface area contributed by atoms with Crippen LogP contribution in [0.25, 0.3) is 16.3 Å². The highest BCUT2D eigenvalue weighted by Crippen LogP contribution is 2.25. The highest BCUT2D eigenvalue weighted by molar-refractivity contribution is 7.99. The van der Waals surface area contributed by atoms with Gasteiger partial charge in [0.1, 0.15) is 11.0 Å². The second-order valence-corrected chi connectivity index (χ2v) is 9.03. The van der Waals surface area contributed by atoms with E-state index in [4.69, 9.17) is 0 Å². The highest BCUT2D eigenvalue weighted by Gasteiger charge is 2.33. The van der Waals surface area contributed by atoms with Gasteiger partial charge in [-0.2, -0.15) is 0 Å². The molecule has 0 radical (unpaired) electrons. The van der Waals surface area contributed by atoms with Crippen molar-refractivity contribution >= 4 is 56.9 Å². The normalized spacial score (nSPS) is 16.6. The van der Waals surface area contributed by atoms with Crippen LogP contribution in [0.2, 0.25) is 0 Å². The number of para-hydroxylation sites is 1. The minimum Gasteiger partial charge on any atom is -0.324 e. The second kappa shape index (κ2) is 8.39. The molecule has 1 atom stereocenters. The minimum absolute atomic E-state index is 0.153. The van der Waals surface area contributed by atoms with Crippen LogP contribution in [0.3, 0.4) is 0 Å². The van der Waals surface area contributed by atoms with Crippen molar-refractivity contribution in [2.75, 3.05) is 16.9 Å². The summed E-state index contributed by atoms with van der Waals surface area (Å²) in [6.07, 6.45) is 3.24. The molecule has 2 amide bonds. The minimum atomic E-state index is -0.478. The number of nitrogens with one attached hydrogen (secondary N) is 1. The first-order valence-electron chi connectivity index (χ1n) is 9.31. The van der Waals surface area contributed by atoms with Gasteiger partial charge in [0, 0.05) is 17.5 Å². The molecule has 3 aromatic rings. The lowest BCUT2D eigenvalue weighted by Gasteiger charge is -2.21. The Kier molecular flexibility index (Phi) is 5.69. The fraction of sp³-hybridized carbons (Fsp3) is 0.227. The Labute approximate surface area is 177 Å². The predicted octanol–water partition coefficient (Wildman–Crippen LogP) is 4.47. The van der Waals surface area contributed by atoms with E-state index in [2.05, 4.69) is 10.3 Å². The lowest BCUT2D eigenvalue weighted by molar-refractivity contribution is -0.132. The molecule has 0 saturated carbocycles. The summed E-state index contributed by atoms with van der Waals surface area (Å²) in [5, 5.41) is 3.73. The molecule has 1 aliphatic rings. The third kappa shape index (κ3) is 4.36. The molecule has 29 heavy (non-hydrogen) atoms. The summed E-state index contributed by atoms with van der Waals surface area (Å²) < 4.78 is 1.09. The van der Waals surface area contributed by atoms with Gasteiger partial charge in [0.2, 0.25) is 11.8 Å². The average molecular weight is 424 g/mol. The molecular formula is C22H21N3O2S2. The molecule has 1 aliphatic heterocycles. The van der Waals surface area contributed by atoms with Crippen LogP contribution in [0.5, 0.6) is 0 Å². The number of carbonyl (C=O) groups is 2. The quantitative estimate of drug-likeness (QED) is 0.629. The third-order valence-electron chi connectivity index (χ3n) is 4.92. The molecule has 148 valence electrons. The van der Waals surface area contributed by atoms with Gasteiger partial charge in [-0.3, -0.25) is 9.59 Å². The number of rotatable bonds is 4. The van der Waals surface area contributed by atoms with E-state index in [-0.39, 0.29) is 11.8 Å². The number of benzene rings is 2. The summed E-state index contributed by atoms with van der Waals surface area (Å²) >= 11 is 3.13. The van der Waals surface area contributed by atoms with Gasteiger partial charge < -0.3 is 10.2 Å². The van der Waals surface area contributed by atoms with Crippen molar-refractivity contribution in [2.24, 2.45) is 0 Å². The van der Waals surface area contributed by atoms with Crippen LogP contribution in [0, 0.1) is 13.8 Å². The monoisotopic (exact) mass is 423 g/mol. The van der Waals surface area contributed by atoms with Crippen LogP contribution >= 0.6 is 23.1 Å². The van der Waals surface area contributed by atoms with Gasteiger partial charge in [-0.25, -0.2) is 4.98 Å². The number of amides is 2. The number of thioether (sulfide) groups is 1. The summed E-state index contributed by atoms with van der Waals surface area (Å²) in [6.45, 7) is 4.05. The summed E-state index contributed by atoms with van der Waals surface area (Å²) in [7, 11) is 0. The third-order valence-corrected chi connectivity index (χ3v) is 6.94. The molecule has 1 saturated heterocycles. The van der Waals surface area contributed by atoms with Gasteiger partial charge in [0.05, 0.1) is 16.1 Å². The Bertz CT molecular complexity index is 1070. The number of fused-ring (bicyclic) bond motifs is 1. The average Bonchev–Trinajstić information content (AvgIpc) is 3.35. The summed E-state index contributed by atoms with van der Waals surface area (Å²) in [4.78, 5) is 31.6. The van der Waals surface area contributed by atoms with Gasteiger partial charge >= 0.3 is 0 Å². The predicted molar refractivity (Wildman–Crippen MR) is 121 cm³/mol. The van der Waals surface area contributed by atoms with Crippen molar-refractivity contribution in [3.05, 3.63) is 64.7 Å². The van der Waals surface area contributed by atoms with Crippen molar-refractivity contribution in [1.82, 2.24) is 9.88 Å². The van der Waals surface area contributed by atoms with E-state index in [0.717, 1.165) is 26.5 Å². The standard InChI is InChI=1S/C22H21N3O2S2/c1-14-7-8-16(11-15(14)2)23-22(27)18-12-28-13-25(18)21(26)10-9-20-24-17-5-3-4-6-19(17)29-20/h3-11,18H,12-13H2,1-2H3,(H,23,27). The molecule has 0 aliphatic carbocycles. The van der Waals surface area contributed by atoms with Gasteiger partial charge in [-0.15, -0.1) is 23.1 Å². The number of thiazole rings is 1. The first kappa shape index (κ1) is 19.7. The van der Waals surface area contributed by atoms with E-state index in [9.17, 15) is 9.59 Å². The Morgan fingerprint density at radius 3 is 2.79 bits per heavy atom.